The van der Waals surface area contributed by atoms with E-state index >= 15 is 0 Å². The SMILES string of the molecule is C=C1C[C@]23C4C(OC(=O)[C@@H](C)CC)[C@H]1[C@@H](O)[C@H]2[C@]12C[C@@H](OC(=O)C(C)C)C[C@]5(C)[C@H]1[C@H]([C@@H]3O)[N+](C)([C@H]42)[C@H]5O. The maximum atomic E-state index is 13.2. The van der Waals surface area contributed by atoms with Gasteiger partial charge in [-0.2, -0.15) is 0 Å². The molecule has 9 fully saturated rings. The molecule has 16 atom stereocenters. The zero-order valence-corrected chi connectivity index (χ0v) is 23.5. The molecule has 3 unspecified atom stereocenters. The smallest absolute Gasteiger partial charge is 0.308 e. The van der Waals surface area contributed by atoms with E-state index in [-0.39, 0.29) is 59.7 Å². The Bertz CT molecular complexity index is 1140. The largest absolute Gasteiger partial charge is 0.462 e. The molecule has 9 aliphatic rings. The second-order valence-electron chi connectivity index (χ2n) is 14.9. The van der Waals surface area contributed by atoms with Crippen molar-refractivity contribution in [3.05, 3.63) is 12.2 Å². The number of aliphatic hydroxyl groups excluding tert-OH is 3. The van der Waals surface area contributed by atoms with Gasteiger partial charge in [0.1, 0.15) is 30.4 Å². The summed E-state index contributed by atoms with van der Waals surface area (Å²) in [4.78, 5) is 26.0. The number of nitrogens with zero attached hydrogens (tertiary/aromatic N) is 1. The van der Waals surface area contributed by atoms with Crippen molar-refractivity contribution in [3.63, 3.8) is 0 Å². The van der Waals surface area contributed by atoms with E-state index < -0.39 is 46.7 Å². The van der Waals surface area contributed by atoms with Crippen molar-refractivity contribution in [2.45, 2.75) is 103 Å². The Balaban J connectivity index is 1.42. The van der Waals surface area contributed by atoms with Crippen molar-refractivity contribution in [1.29, 1.82) is 0 Å². The van der Waals surface area contributed by atoms with Gasteiger partial charge in [-0.05, 0) is 25.7 Å². The summed E-state index contributed by atoms with van der Waals surface area (Å²) in [6.45, 7) is 13.9. The standard InChI is InChI=1S/C30H44NO7/c1-8-13(4)26(35)38-20-16-14(5)9-29-17(20)23-30(22(29)19(16)32)11-15(37-25(34)12(2)3)10-28(6)21(30)18(24(29)33)31(23,7)27(28)36/h12-13,15-24,27,32-33,36H,5,8-11H2,1-4,6-7H3/q+1/t13-,15-,16+,17?,18+,19+,20?,21+,22+,23+,24-,27-,28+,29-,30-,31?/m0/s1. The third kappa shape index (κ3) is 2.31. The number of hydrogen-bond acceptors (Lipinski definition) is 7. The van der Waals surface area contributed by atoms with Gasteiger partial charge in [0.25, 0.3) is 0 Å². The predicted octanol–water partition coefficient (Wildman–Crippen LogP) is 2.00. The third-order valence-electron chi connectivity index (χ3n) is 13.2. The van der Waals surface area contributed by atoms with Crippen LogP contribution < -0.4 is 0 Å². The van der Waals surface area contributed by atoms with Crippen molar-refractivity contribution in [2.24, 2.45) is 51.8 Å². The summed E-state index contributed by atoms with van der Waals surface area (Å²) >= 11 is 0. The van der Waals surface area contributed by atoms with Crippen LogP contribution >= 0.6 is 0 Å². The van der Waals surface area contributed by atoms with Crippen LogP contribution in [-0.2, 0) is 19.1 Å². The number of piperidine rings is 2. The Morgan fingerprint density at radius 3 is 2.39 bits per heavy atom. The molecule has 0 aromatic heterocycles. The molecule has 3 heterocycles. The first-order valence-corrected chi connectivity index (χ1v) is 14.7. The lowest BCUT2D eigenvalue weighted by atomic mass is 9.38. The van der Waals surface area contributed by atoms with Crippen molar-refractivity contribution in [1.82, 2.24) is 0 Å². The molecule has 0 aromatic carbocycles. The van der Waals surface area contributed by atoms with Crippen molar-refractivity contribution in [3.8, 4) is 0 Å². The highest BCUT2D eigenvalue weighted by atomic mass is 16.6. The number of hydrogen-bond donors (Lipinski definition) is 3. The van der Waals surface area contributed by atoms with Crippen molar-refractivity contribution >= 4 is 11.9 Å². The number of quaternary nitrogens is 1. The predicted molar refractivity (Wildman–Crippen MR) is 136 cm³/mol. The van der Waals surface area contributed by atoms with Crippen LogP contribution in [0.2, 0.25) is 0 Å². The first-order valence-electron chi connectivity index (χ1n) is 14.7. The zero-order chi connectivity index (χ0) is 27.5. The molecule has 9 bridgehead atoms. The van der Waals surface area contributed by atoms with E-state index in [0.717, 1.165) is 5.57 Å². The van der Waals surface area contributed by atoms with E-state index in [1.165, 1.54) is 0 Å². The maximum absolute atomic E-state index is 13.2. The molecule has 0 amide bonds. The number of fused-ring (bicyclic) bond motifs is 1. The number of likely N-dealkylation sites (N-methyl/N-ethyl adjacent to an activating group) is 1. The molecule has 2 spiro atoms. The van der Waals surface area contributed by atoms with Crippen LogP contribution in [0.25, 0.3) is 0 Å². The van der Waals surface area contributed by atoms with Gasteiger partial charge in [0, 0.05) is 28.6 Å². The fraction of sp³-hybridized carbons (Fsp3) is 0.867. The number of esters is 2. The average molecular weight is 531 g/mol. The summed E-state index contributed by atoms with van der Waals surface area (Å²) in [5.74, 6) is -1.86. The van der Waals surface area contributed by atoms with E-state index in [4.69, 9.17) is 9.47 Å². The molecule has 3 aliphatic heterocycles. The van der Waals surface area contributed by atoms with Gasteiger partial charge in [-0.1, -0.05) is 46.8 Å². The first kappa shape index (κ1) is 25.5. The molecule has 3 saturated heterocycles. The van der Waals surface area contributed by atoms with Crippen LogP contribution in [0.5, 0.6) is 0 Å². The minimum absolute atomic E-state index is 0.0159. The Hall–Kier alpha value is -1.48. The second kappa shape index (κ2) is 7.23. The van der Waals surface area contributed by atoms with Crippen LogP contribution in [-0.4, -0.2) is 81.5 Å². The molecule has 6 saturated carbocycles. The molecule has 8 nitrogen and oxygen atoms in total. The maximum Gasteiger partial charge on any atom is 0.308 e. The van der Waals surface area contributed by atoms with Gasteiger partial charge >= 0.3 is 11.9 Å². The number of ether oxygens (including phenoxy) is 2. The molecule has 9 rings (SSSR count). The van der Waals surface area contributed by atoms with Gasteiger partial charge in [-0.15, -0.1) is 0 Å². The van der Waals surface area contributed by atoms with E-state index in [1.54, 1.807) is 0 Å². The van der Waals surface area contributed by atoms with Crippen LogP contribution in [0.3, 0.4) is 0 Å². The molecule has 6 aliphatic carbocycles. The van der Waals surface area contributed by atoms with Crippen LogP contribution in [0.1, 0.15) is 60.3 Å². The molecule has 0 radical (unpaired) electrons. The highest BCUT2D eigenvalue weighted by molar-refractivity contribution is 5.72. The van der Waals surface area contributed by atoms with Gasteiger partial charge < -0.3 is 24.8 Å². The van der Waals surface area contributed by atoms with Crippen LogP contribution in [0.15, 0.2) is 12.2 Å². The molecular formula is C30H44NO7+. The van der Waals surface area contributed by atoms with Gasteiger partial charge in [-0.3, -0.25) is 14.1 Å². The lowest BCUT2D eigenvalue weighted by molar-refractivity contribution is -0.996. The first-order chi connectivity index (χ1) is 17.7. The van der Waals surface area contributed by atoms with Crippen molar-refractivity contribution < 1.29 is 38.9 Å². The topological polar surface area (TPSA) is 113 Å². The summed E-state index contributed by atoms with van der Waals surface area (Å²) in [6, 6.07) is -0.271. The van der Waals surface area contributed by atoms with Crippen LogP contribution in [0, 0.1) is 51.8 Å². The van der Waals surface area contributed by atoms with Gasteiger partial charge in [0.15, 0.2) is 6.23 Å². The Morgan fingerprint density at radius 1 is 1.08 bits per heavy atom. The molecule has 8 heteroatoms. The Labute approximate surface area is 224 Å². The summed E-state index contributed by atoms with van der Waals surface area (Å²) in [7, 11) is 2.08. The second-order valence-corrected chi connectivity index (χ2v) is 14.9. The molecule has 38 heavy (non-hydrogen) atoms. The normalized spacial score (nSPS) is 59.0. The van der Waals surface area contributed by atoms with Gasteiger partial charge in [-0.25, -0.2) is 0 Å². The summed E-state index contributed by atoms with van der Waals surface area (Å²) in [5, 5.41) is 36.6. The third-order valence-corrected chi connectivity index (χ3v) is 13.2. The summed E-state index contributed by atoms with van der Waals surface area (Å²) < 4.78 is 12.7. The lowest BCUT2D eigenvalue weighted by Gasteiger charge is -2.66. The molecular weight excluding hydrogens is 486 g/mol. The Morgan fingerprint density at radius 2 is 1.76 bits per heavy atom. The molecule has 3 N–H and O–H groups in total. The minimum Gasteiger partial charge on any atom is -0.462 e. The van der Waals surface area contributed by atoms with E-state index in [2.05, 4.69) is 20.6 Å². The molecule has 0 aromatic rings. The number of carbonyl (C=O) groups excluding carboxylic acids is 2. The number of carbonyl (C=O) groups is 2. The highest BCUT2D eigenvalue weighted by Crippen LogP contribution is 2.89. The zero-order valence-electron chi connectivity index (χ0n) is 23.5. The average Bonchev–Trinajstić information content (AvgIpc) is 3.23. The molecule has 210 valence electrons. The summed E-state index contributed by atoms with van der Waals surface area (Å²) in [6.07, 6.45) is -0.824. The van der Waals surface area contributed by atoms with E-state index in [0.29, 0.717) is 30.2 Å². The lowest BCUT2D eigenvalue weighted by Crippen LogP contribution is -2.77. The number of rotatable bonds is 5. The Kier molecular flexibility index (Phi) is 4.85. The highest BCUT2D eigenvalue weighted by Gasteiger charge is 3.00. The monoisotopic (exact) mass is 530 g/mol. The quantitative estimate of drug-likeness (QED) is 0.283. The van der Waals surface area contributed by atoms with Crippen LogP contribution in [0.4, 0.5) is 0 Å². The van der Waals surface area contributed by atoms with Gasteiger partial charge in [0.05, 0.1) is 36.3 Å². The minimum atomic E-state index is -0.809. The summed E-state index contributed by atoms with van der Waals surface area (Å²) in [5.41, 5.74) is -0.789. The van der Waals surface area contributed by atoms with Crippen molar-refractivity contribution in [2.75, 3.05) is 7.05 Å². The number of aliphatic hydroxyl groups is 3. The fourth-order valence-corrected chi connectivity index (χ4v) is 12.5. The van der Waals surface area contributed by atoms with Gasteiger partial charge in [0.2, 0.25) is 0 Å². The van der Waals surface area contributed by atoms with E-state index in [1.807, 2.05) is 27.7 Å². The van der Waals surface area contributed by atoms with E-state index in [9.17, 15) is 24.9 Å². The fourth-order valence-electron chi connectivity index (χ4n) is 12.5.